The first-order chi connectivity index (χ1) is 9.93. The standard InChI is InChI=1S/C19H24O2/c1-18(2)15-11-12-19(18,3)16(13-15)21-17(20)10-9-14-7-5-4-6-8-14/h4-10,15-16H,11-13H2,1-3H3/t15-,16-,19+/m0/s1. The van der Waals surface area contributed by atoms with Crippen molar-refractivity contribution < 1.29 is 9.53 Å². The maximum atomic E-state index is 12.1. The summed E-state index contributed by atoms with van der Waals surface area (Å²) in [7, 11) is 0. The van der Waals surface area contributed by atoms with Crippen molar-refractivity contribution in [3.63, 3.8) is 0 Å². The van der Waals surface area contributed by atoms with E-state index in [1.54, 1.807) is 6.08 Å². The second-order valence-corrected chi connectivity index (χ2v) is 7.28. The monoisotopic (exact) mass is 284 g/mol. The van der Waals surface area contributed by atoms with Crippen molar-refractivity contribution in [3.05, 3.63) is 42.0 Å². The second kappa shape index (κ2) is 5.01. The molecule has 112 valence electrons. The van der Waals surface area contributed by atoms with Crippen LogP contribution in [0.3, 0.4) is 0 Å². The molecule has 0 N–H and O–H groups in total. The Morgan fingerprint density at radius 3 is 2.52 bits per heavy atom. The smallest absolute Gasteiger partial charge is 0.331 e. The van der Waals surface area contributed by atoms with E-state index >= 15 is 0 Å². The highest BCUT2D eigenvalue weighted by Gasteiger charge is 2.62. The summed E-state index contributed by atoms with van der Waals surface area (Å²) in [4.78, 5) is 12.1. The highest BCUT2D eigenvalue weighted by molar-refractivity contribution is 5.87. The van der Waals surface area contributed by atoms with Crippen LogP contribution in [0.25, 0.3) is 6.08 Å². The third-order valence-electron chi connectivity index (χ3n) is 6.18. The highest BCUT2D eigenvalue weighted by Crippen LogP contribution is 2.66. The van der Waals surface area contributed by atoms with Crippen molar-refractivity contribution >= 4 is 12.0 Å². The van der Waals surface area contributed by atoms with Gasteiger partial charge >= 0.3 is 5.97 Å². The molecule has 0 amide bonds. The summed E-state index contributed by atoms with van der Waals surface area (Å²) in [5, 5.41) is 0. The zero-order valence-electron chi connectivity index (χ0n) is 13.1. The van der Waals surface area contributed by atoms with Gasteiger partial charge in [-0.05, 0) is 42.2 Å². The maximum absolute atomic E-state index is 12.1. The molecular formula is C19H24O2. The van der Waals surface area contributed by atoms with Gasteiger partial charge in [0.25, 0.3) is 0 Å². The molecule has 0 heterocycles. The molecule has 2 fully saturated rings. The fraction of sp³-hybridized carbons (Fsp3) is 0.526. The minimum Gasteiger partial charge on any atom is -0.459 e. The predicted molar refractivity (Wildman–Crippen MR) is 84.6 cm³/mol. The normalized spacial score (nSPS) is 33.5. The van der Waals surface area contributed by atoms with Gasteiger partial charge in [-0.15, -0.1) is 0 Å². The molecule has 0 aliphatic heterocycles. The molecule has 2 bridgehead atoms. The molecule has 2 nitrogen and oxygen atoms in total. The van der Waals surface area contributed by atoms with Crippen LogP contribution in [0.2, 0.25) is 0 Å². The molecule has 0 spiro atoms. The minimum atomic E-state index is -0.214. The van der Waals surface area contributed by atoms with Gasteiger partial charge in [0.1, 0.15) is 6.10 Å². The Hall–Kier alpha value is -1.57. The first kappa shape index (κ1) is 14.4. The van der Waals surface area contributed by atoms with Crippen LogP contribution in [0.5, 0.6) is 0 Å². The Bertz CT molecular complexity index is 558. The number of rotatable bonds is 3. The van der Waals surface area contributed by atoms with Gasteiger partial charge in [-0.25, -0.2) is 4.79 Å². The number of hydrogen-bond acceptors (Lipinski definition) is 2. The molecule has 1 aromatic carbocycles. The van der Waals surface area contributed by atoms with E-state index < -0.39 is 0 Å². The zero-order chi connectivity index (χ0) is 15.1. The largest absolute Gasteiger partial charge is 0.459 e. The van der Waals surface area contributed by atoms with Crippen molar-refractivity contribution in [1.29, 1.82) is 0 Å². The number of esters is 1. The van der Waals surface area contributed by atoms with E-state index in [4.69, 9.17) is 4.74 Å². The molecule has 0 radical (unpaired) electrons. The molecule has 2 aliphatic rings. The Morgan fingerprint density at radius 2 is 1.95 bits per heavy atom. The molecule has 3 rings (SSSR count). The van der Waals surface area contributed by atoms with Gasteiger partial charge in [-0.3, -0.25) is 0 Å². The lowest BCUT2D eigenvalue weighted by molar-refractivity contribution is -0.150. The van der Waals surface area contributed by atoms with Crippen LogP contribution in [0, 0.1) is 16.7 Å². The maximum Gasteiger partial charge on any atom is 0.331 e. The number of carbonyl (C=O) groups is 1. The lowest BCUT2D eigenvalue weighted by atomic mass is 9.70. The highest BCUT2D eigenvalue weighted by atomic mass is 16.5. The van der Waals surface area contributed by atoms with E-state index in [2.05, 4.69) is 20.8 Å². The fourth-order valence-electron chi connectivity index (χ4n) is 4.22. The van der Waals surface area contributed by atoms with Crippen molar-refractivity contribution in [1.82, 2.24) is 0 Å². The van der Waals surface area contributed by atoms with Crippen LogP contribution < -0.4 is 0 Å². The van der Waals surface area contributed by atoms with Gasteiger partial charge < -0.3 is 4.74 Å². The summed E-state index contributed by atoms with van der Waals surface area (Å²) >= 11 is 0. The lowest BCUT2D eigenvalue weighted by Gasteiger charge is -2.38. The molecular weight excluding hydrogens is 260 g/mol. The van der Waals surface area contributed by atoms with E-state index in [9.17, 15) is 4.79 Å². The van der Waals surface area contributed by atoms with Gasteiger partial charge in [0.15, 0.2) is 0 Å². The van der Waals surface area contributed by atoms with Gasteiger partial charge in [-0.1, -0.05) is 51.1 Å². The zero-order valence-corrected chi connectivity index (χ0v) is 13.1. The van der Waals surface area contributed by atoms with Crippen LogP contribution >= 0.6 is 0 Å². The van der Waals surface area contributed by atoms with Crippen molar-refractivity contribution in [2.75, 3.05) is 0 Å². The Morgan fingerprint density at radius 1 is 1.24 bits per heavy atom. The predicted octanol–water partition coefficient (Wildman–Crippen LogP) is 4.46. The van der Waals surface area contributed by atoms with E-state index in [-0.39, 0.29) is 22.9 Å². The quantitative estimate of drug-likeness (QED) is 0.605. The number of ether oxygens (including phenoxy) is 1. The fourth-order valence-corrected chi connectivity index (χ4v) is 4.22. The average Bonchev–Trinajstić information content (AvgIpc) is 2.79. The molecule has 2 aliphatic carbocycles. The van der Waals surface area contributed by atoms with E-state index in [1.165, 1.54) is 12.8 Å². The van der Waals surface area contributed by atoms with Crippen LogP contribution in [-0.4, -0.2) is 12.1 Å². The average molecular weight is 284 g/mol. The molecule has 2 saturated carbocycles. The Balaban J connectivity index is 1.66. The molecule has 21 heavy (non-hydrogen) atoms. The van der Waals surface area contributed by atoms with Crippen molar-refractivity contribution in [3.8, 4) is 0 Å². The lowest BCUT2D eigenvalue weighted by Crippen LogP contribution is -2.38. The number of fused-ring (bicyclic) bond motifs is 2. The third kappa shape index (κ3) is 2.31. The van der Waals surface area contributed by atoms with Gasteiger partial charge in [0, 0.05) is 11.5 Å². The topological polar surface area (TPSA) is 26.3 Å². The van der Waals surface area contributed by atoms with Gasteiger partial charge in [0.2, 0.25) is 0 Å². The molecule has 2 heteroatoms. The summed E-state index contributed by atoms with van der Waals surface area (Å²) in [6, 6.07) is 9.85. The van der Waals surface area contributed by atoms with Crippen LogP contribution in [-0.2, 0) is 9.53 Å². The number of hydrogen-bond donors (Lipinski definition) is 0. The van der Waals surface area contributed by atoms with E-state index in [0.29, 0.717) is 5.92 Å². The molecule has 1 aromatic rings. The van der Waals surface area contributed by atoms with Gasteiger partial charge in [0.05, 0.1) is 0 Å². The molecule has 0 aromatic heterocycles. The van der Waals surface area contributed by atoms with E-state index in [1.807, 2.05) is 36.4 Å². The van der Waals surface area contributed by atoms with Gasteiger partial charge in [-0.2, -0.15) is 0 Å². The molecule has 0 unspecified atom stereocenters. The van der Waals surface area contributed by atoms with Crippen LogP contribution in [0.15, 0.2) is 36.4 Å². The second-order valence-electron chi connectivity index (χ2n) is 7.28. The Labute approximate surface area is 127 Å². The Kier molecular flexibility index (Phi) is 3.43. The number of benzene rings is 1. The first-order valence-electron chi connectivity index (χ1n) is 7.87. The first-order valence-corrected chi connectivity index (χ1v) is 7.87. The summed E-state index contributed by atoms with van der Waals surface area (Å²) in [6.45, 7) is 6.95. The third-order valence-corrected chi connectivity index (χ3v) is 6.18. The van der Waals surface area contributed by atoms with Crippen molar-refractivity contribution in [2.24, 2.45) is 16.7 Å². The summed E-state index contributed by atoms with van der Waals surface area (Å²) in [5.74, 6) is 0.479. The SMILES string of the molecule is CC1(C)[C@H]2CC[C@]1(C)[C@@H](OC(=O)C=Cc1ccccc1)C2. The summed E-state index contributed by atoms with van der Waals surface area (Å²) in [5.41, 5.74) is 1.43. The van der Waals surface area contributed by atoms with Crippen LogP contribution in [0.4, 0.5) is 0 Å². The summed E-state index contributed by atoms with van der Waals surface area (Å²) < 4.78 is 5.78. The molecule has 0 saturated heterocycles. The van der Waals surface area contributed by atoms with Crippen LogP contribution in [0.1, 0.15) is 45.6 Å². The van der Waals surface area contributed by atoms with E-state index in [0.717, 1.165) is 12.0 Å². The minimum absolute atomic E-state index is 0.0687. The van der Waals surface area contributed by atoms with Crippen molar-refractivity contribution in [2.45, 2.75) is 46.1 Å². The number of carbonyl (C=O) groups excluding carboxylic acids is 1. The summed E-state index contributed by atoms with van der Waals surface area (Å²) in [6.07, 6.45) is 6.91. The molecule has 3 atom stereocenters.